The third-order valence-electron chi connectivity index (χ3n) is 2.08. The van der Waals surface area contributed by atoms with Gasteiger partial charge in [-0.25, -0.2) is 4.79 Å². The van der Waals surface area contributed by atoms with Gasteiger partial charge in [-0.3, -0.25) is 4.57 Å². The Morgan fingerprint density at radius 2 is 2.40 bits per heavy atom. The number of rotatable bonds is 4. The van der Waals surface area contributed by atoms with E-state index in [1.54, 1.807) is 17.0 Å². The Bertz CT molecular complexity index is 468. The van der Waals surface area contributed by atoms with Crippen LogP contribution in [-0.2, 0) is 6.54 Å². The van der Waals surface area contributed by atoms with Gasteiger partial charge in [-0.05, 0) is 13.0 Å². The summed E-state index contributed by atoms with van der Waals surface area (Å²) >= 11 is 0. The van der Waals surface area contributed by atoms with Crippen LogP contribution >= 0.6 is 0 Å². The number of nitrogens with one attached hydrogen (secondary N) is 2. The zero-order valence-corrected chi connectivity index (χ0v) is 8.10. The third-order valence-corrected chi connectivity index (χ3v) is 2.08. The van der Waals surface area contributed by atoms with Crippen LogP contribution in [0.25, 0.3) is 11.4 Å². The van der Waals surface area contributed by atoms with Gasteiger partial charge in [0.05, 0.1) is 11.9 Å². The average molecular weight is 208 g/mol. The van der Waals surface area contributed by atoms with Crippen LogP contribution in [0.4, 0.5) is 0 Å². The SMILES string of the molecule is NCCCn1cc(-c2cn[nH]n2)[nH]c1=O. The summed E-state index contributed by atoms with van der Waals surface area (Å²) in [6, 6.07) is 0. The Balaban J connectivity index is 2.25. The summed E-state index contributed by atoms with van der Waals surface area (Å²) < 4.78 is 1.58. The normalized spacial score (nSPS) is 10.7. The van der Waals surface area contributed by atoms with Crippen LogP contribution in [0.3, 0.4) is 0 Å². The molecule has 0 fully saturated rings. The van der Waals surface area contributed by atoms with Gasteiger partial charge >= 0.3 is 5.69 Å². The maximum absolute atomic E-state index is 11.4. The van der Waals surface area contributed by atoms with Crippen molar-refractivity contribution < 1.29 is 0 Å². The highest BCUT2D eigenvalue weighted by molar-refractivity contribution is 5.50. The van der Waals surface area contributed by atoms with Gasteiger partial charge in [0.1, 0.15) is 5.69 Å². The highest BCUT2D eigenvalue weighted by Crippen LogP contribution is 2.09. The number of nitrogens with zero attached hydrogens (tertiary/aromatic N) is 3. The quantitative estimate of drug-likeness (QED) is 0.618. The van der Waals surface area contributed by atoms with Crippen molar-refractivity contribution in [3.05, 3.63) is 22.9 Å². The topological polar surface area (TPSA) is 105 Å². The molecule has 7 nitrogen and oxygen atoms in total. The van der Waals surface area contributed by atoms with Crippen LogP contribution in [0.15, 0.2) is 17.2 Å². The monoisotopic (exact) mass is 208 g/mol. The number of hydrogen-bond donors (Lipinski definition) is 3. The van der Waals surface area contributed by atoms with Gasteiger partial charge < -0.3 is 10.7 Å². The predicted octanol–water partition coefficient (Wildman–Crippen LogP) is -0.690. The first-order chi connectivity index (χ1) is 7.31. The molecule has 4 N–H and O–H groups in total. The summed E-state index contributed by atoms with van der Waals surface area (Å²) in [5.74, 6) is 0. The van der Waals surface area contributed by atoms with Crippen molar-refractivity contribution in [2.45, 2.75) is 13.0 Å². The fourth-order valence-electron chi connectivity index (χ4n) is 1.32. The summed E-state index contributed by atoms with van der Waals surface area (Å²) in [5.41, 5.74) is 6.51. The second-order valence-corrected chi connectivity index (χ2v) is 3.16. The van der Waals surface area contributed by atoms with Crippen molar-refractivity contribution in [2.75, 3.05) is 6.54 Å². The number of imidazole rings is 1. The molecule has 2 aromatic rings. The number of H-pyrrole nitrogens is 2. The van der Waals surface area contributed by atoms with E-state index in [2.05, 4.69) is 20.4 Å². The Morgan fingerprint density at radius 3 is 3.07 bits per heavy atom. The lowest BCUT2D eigenvalue weighted by atomic mass is 10.4. The molecule has 2 aromatic heterocycles. The number of aromatic nitrogens is 5. The number of nitrogens with two attached hydrogens (primary N) is 1. The molecule has 15 heavy (non-hydrogen) atoms. The molecule has 2 heterocycles. The van der Waals surface area contributed by atoms with Crippen molar-refractivity contribution in [1.82, 2.24) is 25.0 Å². The Kier molecular flexibility index (Phi) is 2.64. The molecule has 0 saturated carbocycles. The first kappa shape index (κ1) is 9.66. The fraction of sp³-hybridized carbons (Fsp3) is 0.375. The molecule has 0 aliphatic rings. The molecule has 2 rings (SSSR count). The third kappa shape index (κ3) is 1.96. The van der Waals surface area contributed by atoms with Gasteiger partial charge in [-0.1, -0.05) is 0 Å². The molecule has 0 aliphatic carbocycles. The number of hydrogen-bond acceptors (Lipinski definition) is 4. The summed E-state index contributed by atoms with van der Waals surface area (Å²) in [4.78, 5) is 14.1. The highest BCUT2D eigenvalue weighted by atomic mass is 16.1. The van der Waals surface area contributed by atoms with Crippen molar-refractivity contribution in [2.24, 2.45) is 5.73 Å². The van der Waals surface area contributed by atoms with Crippen LogP contribution in [-0.4, -0.2) is 31.5 Å². The van der Waals surface area contributed by atoms with E-state index in [1.807, 2.05) is 0 Å². The Morgan fingerprint density at radius 1 is 1.53 bits per heavy atom. The molecule has 0 radical (unpaired) electrons. The Hall–Kier alpha value is -1.89. The zero-order chi connectivity index (χ0) is 10.7. The van der Waals surface area contributed by atoms with E-state index >= 15 is 0 Å². The van der Waals surface area contributed by atoms with Gasteiger partial charge in [0.15, 0.2) is 0 Å². The minimum atomic E-state index is -0.151. The largest absolute Gasteiger partial charge is 0.330 e. The van der Waals surface area contributed by atoms with E-state index in [9.17, 15) is 4.79 Å². The lowest BCUT2D eigenvalue weighted by Gasteiger charge is -1.96. The first-order valence-corrected chi connectivity index (χ1v) is 4.67. The molecule has 0 spiro atoms. The molecule has 0 bridgehead atoms. The molecule has 0 unspecified atom stereocenters. The molecule has 0 saturated heterocycles. The van der Waals surface area contributed by atoms with Crippen molar-refractivity contribution >= 4 is 0 Å². The van der Waals surface area contributed by atoms with Crippen molar-refractivity contribution in [3.8, 4) is 11.4 Å². The second-order valence-electron chi connectivity index (χ2n) is 3.16. The summed E-state index contributed by atoms with van der Waals surface area (Å²) in [5, 5.41) is 10.0. The van der Waals surface area contributed by atoms with E-state index in [0.29, 0.717) is 24.5 Å². The Labute approximate surface area is 85.3 Å². The van der Waals surface area contributed by atoms with Gasteiger partial charge in [0, 0.05) is 12.7 Å². The molecule has 0 aromatic carbocycles. The highest BCUT2D eigenvalue weighted by Gasteiger charge is 2.06. The summed E-state index contributed by atoms with van der Waals surface area (Å²) in [7, 11) is 0. The predicted molar refractivity (Wildman–Crippen MR) is 54.1 cm³/mol. The minimum Gasteiger partial charge on any atom is -0.330 e. The van der Waals surface area contributed by atoms with E-state index in [-0.39, 0.29) is 5.69 Å². The molecular formula is C8H12N6O. The molecule has 80 valence electrons. The van der Waals surface area contributed by atoms with Gasteiger partial charge in [-0.15, -0.1) is 0 Å². The van der Waals surface area contributed by atoms with Gasteiger partial charge in [0.25, 0.3) is 0 Å². The maximum Gasteiger partial charge on any atom is 0.326 e. The summed E-state index contributed by atoms with van der Waals surface area (Å²) in [6.45, 7) is 1.18. The van der Waals surface area contributed by atoms with Crippen LogP contribution in [0.5, 0.6) is 0 Å². The van der Waals surface area contributed by atoms with Gasteiger partial charge in [0.2, 0.25) is 0 Å². The smallest absolute Gasteiger partial charge is 0.326 e. The lowest BCUT2D eigenvalue weighted by molar-refractivity contribution is 0.632. The molecule has 0 atom stereocenters. The van der Waals surface area contributed by atoms with Crippen LogP contribution < -0.4 is 11.4 Å². The standard InChI is InChI=1S/C8H12N6O/c9-2-1-3-14-5-7(11-8(14)15)6-4-10-13-12-6/h4-5H,1-3,9H2,(H,11,15)(H,10,12,13). The number of aryl methyl sites for hydroxylation is 1. The average Bonchev–Trinajstić information content (AvgIpc) is 2.83. The maximum atomic E-state index is 11.4. The summed E-state index contributed by atoms with van der Waals surface area (Å²) in [6.07, 6.45) is 4.05. The van der Waals surface area contributed by atoms with Crippen LogP contribution in [0, 0.1) is 0 Å². The van der Waals surface area contributed by atoms with E-state index in [4.69, 9.17) is 5.73 Å². The molecule has 0 amide bonds. The lowest BCUT2D eigenvalue weighted by Crippen LogP contribution is -2.17. The van der Waals surface area contributed by atoms with Gasteiger partial charge in [-0.2, -0.15) is 15.4 Å². The van der Waals surface area contributed by atoms with E-state index in [0.717, 1.165) is 6.42 Å². The van der Waals surface area contributed by atoms with Crippen molar-refractivity contribution in [1.29, 1.82) is 0 Å². The van der Waals surface area contributed by atoms with E-state index in [1.165, 1.54) is 0 Å². The number of aromatic amines is 2. The van der Waals surface area contributed by atoms with Crippen LogP contribution in [0.1, 0.15) is 6.42 Å². The first-order valence-electron chi connectivity index (χ1n) is 4.67. The molecule has 0 aliphatic heterocycles. The van der Waals surface area contributed by atoms with Crippen LogP contribution in [0.2, 0.25) is 0 Å². The second kappa shape index (κ2) is 4.09. The van der Waals surface area contributed by atoms with E-state index < -0.39 is 0 Å². The fourth-order valence-corrected chi connectivity index (χ4v) is 1.32. The van der Waals surface area contributed by atoms with Crippen molar-refractivity contribution in [3.63, 3.8) is 0 Å². The molecule has 7 heteroatoms. The molecular weight excluding hydrogens is 196 g/mol. The zero-order valence-electron chi connectivity index (χ0n) is 8.10. The minimum absolute atomic E-state index is 0.151.